The minimum absolute atomic E-state index is 0.147. The first-order chi connectivity index (χ1) is 10.3. The number of ether oxygens (including phenoxy) is 1. The summed E-state index contributed by atoms with van der Waals surface area (Å²) in [5, 5.41) is 0. The van der Waals surface area contributed by atoms with Gasteiger partial charge in [0.2, 0.25) is 0 Å². The molecule has 0 heterocycles. The van der Waals surface area contributed by atoms with E-state index in [-0.39, 0.29) is 12.1 Å². The lowest BCUT2D eigenvalue weighted by Gasteiger charge is -2.30. The highest BCUT2D eigenvalue weighted by atomic mass is 16.5. The van der Waals surface area contributed by atoms with Crippen LogP contribution in [0, 0.1) is 5.92 Å². The molecule has 122 valence electrons. The van der Waals surface area contributed by atoms with Crippen molar-refractivity contribution in [2.24, 2.45) is 5.92 Å². The van der Waals surface area contributed by atoms with Gasteiger partial charge in [-0.05, 0) is 31.6 Å². The number of hydrogen-bond acceptors (Lipinski definition) is 2. The highest BCUT2D eigenvalue weighted by Gasteiger charge is 2.27. The van der Waals surface area contributed by atoms with Crippen LogP contribution in [0.2, 0.25) is 0 Å². The summed E-state index contributed by atoms with van der Waals surface area (Å²) in [5.74, 6) is 0.338. The lowest BCUT2D eigenvalue weighted by Crippen LogP contribution is -2.29. The molecule has 1 saturated carbocycles. The van der Waals surface area contributed by atoms with Crippen molar-refractivity contribution in [3.8, 4) is 0 Å². The van der Waals surface area contributed by atoms with E-state index in [1.54, 1.807) is 0 Å². The topological polar surface area (TPSA) is 26.3 Å². The van der Waals surface area contributed by atoms with Gasteiger partial charge in [-0.3, -0.25) is 0 Å². The third-order valence-corrected chi connectivity index (χ3v) is 4.70. The van der Waals surface area contributed by atoms with Gasteiger partial charge in [-0.2, -0.15) is 0 Å². The number of carbonyl (C=O) groups is 1. The molecule has 0 amide bonds. The molecule has 0 bridgehead atoms. The molecule has 2 atom stereocenters. The second-order valence-corrected chi connectivity index (χ2v) is 6.49. The number of rotatable bonds is 11. The normalized spacial score (nSPS) is 22.0. The van der Waals surface area contributed by atoms with E-state index in [4.69, 9.17) is 4.74 Å². The molecule has 1 aliphatic rings. The smallest absolute Gasteiger partial charge is 0.330 e. The van der Waals surface area contributed by atoms with Crippen LogP contribution < -0.4 is 0 Å². The molecule has 1 aliphatic carbocycles. The van der Waals surface area contributed by atoms with Crippen LogP contribution in [-0.2, 0) is 9.53 Å². The van der Waals surface area contributed by atoms with Crippen LogP contribution in [0.5, 0.6) is 0 Å². The van der Waals surface area contributed by atoms with Gasteiger partial charge < -0.3 is 4.74 Å². The van der Waals surface area contributed by atoms with Gasteiger partial charge in [0.25, 0.3) is 0 Å². The average Bonchev–Trinajstić information content (AvgIpc) is 2.51. The Hall–Kier alpha value is -0.790. The van der Waals surface area contributed by atoms with Gasteiger partial charge >= 0.3 is 5.97 Å². The highest BCUT2D eigenvalue weighted by molar-refractivity contribution is 5.81. The number of unbranched alkanes of at least 4 members (excludes halogenated alkanes) is 7. The van der Waals surface area contributed by atoms with Crippen molar-refractivity contribution in [3.63, 3.8) is 0 Å². The highest BCUT2D eigenvalue weighted by Crippen LogP contribution is 2.31. The monoisotopic (exact) mass is 294 g/mol. The Kier molecular flexibility index (Phi) is 10.3. The van der Waals surface area contributed by atoms with Crippen molar-refractivity contribution in [2.75, 3.05) is 0 Å². The summed E-state index contributed by atoms with van der Waals surface area (Å²) in [4.78, 5) is 11.4. The molecular weight excluding hydrogens is 260 g/mol. The maximum Gasteiger partial charge on any atom is 0.330 e. The summed E-state index contributed by atoms with van der Waals surface area (Å²) >= 11 is 0. The first kappa shape index (κ1) is 18.3. The summed E-state index contributed by atoms with van der Waals surface area (Å²) in [5.41, 5.74) is 0. The Morgan fingerprint density at radius 3 is 2.33 bits per heavy atom. The van der Waals surface area contributed by atoms with Gasteiger partial charge in [0, 0.05) is 6.08 Å². The van der Waals surface area contributed by atoms with Crippen LogP contribution >= 0.6 is 0 Å². The maximum absolute atomic E-state index is 11.4. The summed E-state index contributed by atoms with van der Waals surface area (Å²) < 4.78 is 5.52. The fourth-order valence-corrected chi connectivity index (χ4v) is 3.40. The van der Waals surface area contributed by atoms with Gasteiger partial charge in [-0.15, -0.1) is 0 Å². The third-order valence-electron chi connectivity index (χ3n) is 4.70. The molecule has 0 aliphatic heterocycles. The van der Waals surface area contributed by atoms with Crippen molar-refractivity contribution in [1.29, 1.82) is 0 Å². The number of hydrogen-bond donors (Lipinski definition) is 0. The van der Waals surface area contributed by atoms with Crippen LogP contribution in [0.15, 0.2) is 12.7 Å². The molecule has 2 unspecified atom stereocenters. The molecule has 0 N–H and O–H groups in total. The summed E-state index contributed by atoms with van der Waals surface area (Å²) in [6.07, 6.45) is 18.3. The van der Waals surface area contributed by atoms with Crippen molar-refractivity contribution in [1.82, 2.24) is 0 Å². The molecule has 0 aromatic rings. The van der Waals surface area contributed by atoms with E-state index in [1.165, 1.54) is 83.1 Å². The zero-order valence-electron chi connectivity index (χ0n) is 13.9. The van der Waals surface area contributed by atoms with Crippen LogP contribution in [0.1, 0.15) is 90.4 Å². The summed E-state index contributed by atoms with van der Waals surface area (Å²) in [7, 11) is 0. The Balaban J connectivity index is 2.10. The summed E-state index contributed by atoms with van der Waals surface area (Å²) in [6, 6.07) is 0. The van der Waals surface area contributed by atoms with E-state index in [1.807, 2.05) is 0 Å². The standard InChI is InChI=1S/C19H34O2/c1-3-5-6-7-8-9-10-11-14-17-15-12-13-16-18(17)21-19(20)4-2/h4,17-18H,2-3,5-16H2,1H3. The Morgan fingerprint density at radius 1 is 1.05 bits per heavy atom. The summed E-state index contributed by atoms with van der Waals surface area (Å²) in [6.45, 7) is 5.76. The predicted octanol–water partition coefficient (Wildman–Crippen LogP) is 5.81. The second kappa shape index (κ2) is 11.8. The zero-order valence-corrected chi connectivity index (χ0v) is 13.9. The molecule has 1 rings (SSSR count). The fraction of sp³-hybridized carbons (Fsp3) is 0.842. The lowest BCUT2D eigenvalue weighted by atomic mass is 9.83. The van der Waals surface area contributed by atoms with Gasteiger partial charge in [-0.1, -0.05) is 71.3 Å². The van der Waals surface area contributed by atoms with Crippen molar-refractivity contribution < 1.29 is 9.53 Å². The zero-order chi connectivity index (χ0) is 15.3. The maximum atomic E-state index is 11.4. The van der Waals surface area contributed by atoms with Gasteiger partial charge in [0.1, 0.15) is 6.10 Å². The first-order valence-electron chi connectivity index (χ1n) is 9.11. The van der Waals surface area contributed by atoms with E-state index >= 15 is 0 Å². The van der Waals surface area contributed by atoms with Gasteiger partial charge in [0.15, 0.2) is 0 Å². The van der Waals surface area contributed by atoms with Crippen molar-refractivity contribution in [2.45, 2.75) is 96.5 Å². The fourth-order valence-electron chi connectivity index (χ4n) is 3.40. The molecule has 2 nitrogen and oxygen atoms in total. The van der Waals surface area contributed by atoms with Crippen LogP contribution in [0.4, 0.5) is 0 Å². The van der Waals surface area contributed by atoms with Crippen molar-refractivity contribution >= 4 is 5.97 Å². The van der Waals surface area contributed by atoms with E-state index in [0.29, 0.717) is 5.92 Å². The van der Waals surface area contributed by atoms with Gasteiger partial charge in [0.05, 0.1) is 0 Å². The molecule has 0 spiro atoms. The van der Waals surface area contributed by atoms with Crippen molar-refractivity contribution in [3.05, 3.63) is 12.7 Å². The molecule has 2 heteroatoms. The van der Waals surface area contributed by atoms with E-state index in [2.05, 4.69) is 13.5 Å². The Morgan fingerprint density at radius 2 is 1.67 bits per heavy atom. The molecule has 0 radical (unpaired) electrons. The van der Waals surface area contributed by atoms with Gasteiger partial charge in [-0.25, -0.2) is 4.79 Å². The van der Waals surface area contributed by atoms with E-state index in [9.17, 15) is 4.79 Å². The molecule has 0 aromatic carbocycles. The van der Waals surface area contributed by atoms with Crippen LogP contribution in [0.25, 0.3) is 0 Å². The SMILES string of the molecule is C=CC(=O)OC1CCCCC1CCCCCCCCCC. The van der Waals surface area contributed by atoms with E-state index in [0.717, 1.165) is 6.42 Å². The predicted molar refractivity (Wildman–Crippen MR) is 89.3 cm³/mol. The number of esters is 1. The minimum atomic E-state index is -0.247. The van der Waals surface area contributed by atoms with Crippen LogP contribution in [-0.4, -0.2) is 12.1 Å². The minimum Gasteiger partial charge on any atom is -0.459 e. The Labute approximate surface area is 131 Å². The van der Waals surface area contributed by atoms with Crippen LogP contribution in [0.3, 0.4) is 0 Å². The molecule has 1 fully saturated rings. The lowest BCUT2D eigenvalue weighted by molar-refractivity contribution is -0.147. The molecular formula is C19H34O2. The number of carbonyl (C=O) groups excluding carboxylic acids is 1. The first-order valence-corrected chi connectivity index (χ1v) is 9.11. The molecule has 0 saturated heterocycles. The quantitative estimate of drug-likeness (QED) is 0.273. The molecule has 0 aromatic heterocycles. The average molecular weight is 294 g/mol. The Bertz CT molecular complexity index is 285. The second-order valence-electron chi connectivity index (χ2n) is 6.49. The van der Waals surface area contributed by atoms with E-state index < -0.39 is 0 Å². The third kappa shape index (κ3) is 8.28. The largest absolute Gasteiger partial charge is 0.459 e. The molecule has 21 heavy (non-hydrogen) atoms.